The van der Waals surface area contributed by atoms with Crippen LogP contribution < -0.4 is 9.80 Å². The number of carbonyl (C=O) groups excluding carboxylic acids is 1. The Morgan fingerprint density at radius 2 is 1.58 bits per heavy atom. The summed E-state index contributed by atoms with van der Waals surface area (Å²) in [6, 6.07) is 20.5. The molecule has 0 radical (unpaired) electrons. The van der Waals surface area contributed by atoms with Crippen LogP contribution in [0.5, 0.6) is 0 Å². The van der Waals surface area contributed by atoms with Gasteiger partial charge in [0.1, 0.15) is 23.3 Å². The van der Waals surface area contributed by atoms with Crippen molar-refractivity contribution in [3.05, 3.63) is 77.9 Å². The van der Waals surface area contributed by atoms with E-state index in [-0.39, 0.29) is 11.8 Å². The predicted octanol–water partition coefficient (Wildman–Crippen LogP) is 3.80. The number of fused-ring (bicyclic) bond motifs is 1. The molecular weight excluding hydrogens is 412 g/mol. The van der Waals surface area contributed by atoms with Crippen LogP contribution in [0, 0.1) is 6.92 Å². The summed E-state index contributed by atoms with van der Waals surface area (Å²) in [5, 5.41) is 0. The number of nitrogens with zero attached hydrogens (tertiary/aromatic N) is 6. The highest BCUT2D eigenvalue weighted by Gasteiger charge is 2.35. The van der Waals surface area contributed by atoms with E-state index in [0.29, 0.717) is 30.5 Å². The molecule has 6 rings (SSSR count). The van der Waals surface area contributed by atoms with Gasteiger partial charge in [0.25, 0.3) is 0 Å². The first-order valence-electron chi connectivity index (χ1n) is 11.4. The molecule has 1 atom stereocenters. The Bertz CT molecular complexity index is 1340. The molecule has 0 N–H and O–H groups in total. The summed E-state index contributed by atoms with van der Waals surface area (Å²) in [6.45, 7) is 4.26. The molecule has 2 aromatic heterocycles. The lowest BCUT2D eigenvalue weighted by Crippen LogP contribution is -2.46. The first-order chi connectivity index (χ1) is 16.1. The van der Waals surface area contributed by atoms with E-state index < -0.39 is 0 Å². The number of para-hydroxylation sites is 2. The molecule has 4 heterocycles. The summed E-state index contributed by atoms with van der Waals surface area (Å²) in [5.74, 6) is 4.05. The third-order valence-corrected chi connectivity index (χ3v) is 6.88. The van der Waals surface area contributed by atoms with Crippen molar-refractivity contribution < 1.29 is 4.79 Å². The van der Waals surface area contributed by atoms with Gasteiger partial charge in [-0.25, -0.2) is 15.0 Å². The number of aromatic nitrogens is 4. The van der Waals surface area contributed by atoms with Crippen molar-refractivity contribution in [1.82, 2.24) is 19.5 Å². The van der Waals surface area contributed by atoms with Crippen molar-refractivity contribution in [2.75, 3.05) is 29.4 Å². The van der Waals surface area contributed by atoms with Gasteiger partial charge in [-0.1, -0.05) is 42.5 Å². The number of amides is 1. The van der Waals surface area contributed by atoms with Crippen molar-refractivity contribution in [2.45, 2.75) is 25.2 Å². The maximum Gasteiger partial charge on any atom is 0.228 e. The molecule has 0 bridgehead atoms. The van der Waals surface area contributed by atoms with Gasteiger partial charge in [0.05, 0.1) is 17.0 Å². The standard InChI is InChI=1S/C26H26N6O/c1-17-27-23(31-14-20(15-31)26-29-21-10-6-7-11-22(21)30(26)2)13-24(28-17)32-16-19(12-25(32)33)18-8-4-3-5-9-18/h3-11,13,19-20H,12,14-16H2,1-2H3. The third-order valence-electron chi connectivity index (χ3n) is 6.88. The SMILES string of the molecule is Cc1nc(N2CC(c3nc4ccccc4n3C)C2)cc(N2CC(c3ccccc3)CC2=O)n1. The summed E-state index contributed by atoms with van der Waals surface area (Å²) in [7, 11) is 2.09. The molecule has 7 nitrogen and oxygen atoms in total. The van der Waals surface area contributed by atoms with Gasteiger partial charge in [-0.15, -0.1) is 0 Å². The van der Waals surface area contributed by atoms with Crippen LogP contribution in [0.4, 0.5) is 11.6 Å². The van der Waals surface area contributed by atoms with E-state index in [1.54, 1.807) is 0 Å². The van der Waals surface area contributed by atoms with E-state index in [4.69, 9.17) is 4.98 Å². The molecule has 1 unspecified atom stereocenters. The zero-order valence-electron chi connectivity index (χ0n) is 18.8. The molecule has 0 spiro atoms. The number of benzene rings is 2. The highest BCUT2D eigenvalue weighted by Crippen LogP contribution is 2.35. The second kappa shape index (κ2) is 7.69. The quantitative estimate of drug-likeness (QED) is 0.485. The molecule has 2 saturated heterocycles. The van der Waals surface area contributed by atoms with Crippen molar-refractivity contribution in [2.24, 2.45) is 7.05 Å². The van der Waals surface area contributed by atoms with Gasteiger partial charge < -0.3 is 9.47 Å². The van der Waals surface area contributed by atoms with Gasteiger partial charge in [0.2, 0.25) is 5.91 Å². The number of anilines is 2. The van der Waals surface area contributed by atoms with E-state index in [0.717, 1.165) is 35.8 Å². The van der Waals surface area contributed by atoms with Gasteiger partial charge in [0, 0.05) is 45.1 Å². The first-order valence-corrected chi connectivity index (χ1v) is 11.4. The van der Waals surface area contributed by atoms with Crippen molar-refractivity contribution >= 4 is 28.6 Å². The second-order valence-electron chi connectivity index (χ2n) is 9.07. The van der Waals surface area contributed by atoms with Gasteiger partial charge >= 0.3 is 0 Å². The molecule has 2 aliphatic heterocycles. The minimum absolute atomic E-state index is 0.120. The fourth-order valence-corrected chi connectivity index (χ4v) is 5.07. The van der Waals surface area contributed by atoms with Gasteiger partial charge in [0.15, 0.2) is 0 Å². The van der Waals surface area contributed by atoms with E-state index in [2.05, 4.69) is 50.7 Å². The average Bonchev–Trinajstić information content (AvgIpc) is 3.34. The van der Waals surface area contributed by atoms with Crippen LogP contribution in [0.25, 0.3) is 11.0 Å². The summed E-state index contributed by atoms with van der Waals surface area (Å²) in [4.78, 5) is 31.0. The average molecular weight is 439 g/mol. The fraction of sp³-hybridized carbons (Fsp3) is 0.308. The highest BCUT2D eigenvalue weighted by atomic mass is 16.2. The summed E-state index contributed by atoms with van der Waals surface area (Å²) < 4.78 is 2.20. The van der Waals surface area contributed by atoms with Crippen LogP contribution >= 0.6 is 0 Å². The van der Waals surface area contributed by atoms with Crippen molar-refractivity contribution in [1.29, 1.82) is 0 Å². The number of hydrogen-bond acceptors (Lipinski definition) is 5. The monoisotopic (exact) mass is 438 g/mol. The predicted molar refractivity (Wildman–Crippen MR) is 129 cm³/mol. The lowest BCUT2D eigenvalue weighted by Gasteiger charge is -2.40. The van der Waals surface area contributed by atoms with Crippen molar-refractivity contribution in [3.8, 4) is 0 Å². The summed E-state index contributed by atoms with van der Waals surface area (Å²) in [6.07, 6.45) is 0.515. The second-order valence-corrected chi connectivity index (χ2v) is 9.07. The van der Waals surface area contributed by atoms with Crippen molar-refractivity contribution in [3.63, 3.8) is 0 Å². The molecular formula is C26H26N6O. The van der Waals surface area contributed by atoms with E-state index >= 15 is 0 Å². The normalized spacial score (nSPS) is 18.8. The summed E-state index contributed by atoms with van der Waals surface area (Å²) in [5.41, 5.74) is 3.40. The largest absolute Gasteiger partial charge is 0.355 e. The zero-order valence-corrected chi connectivity index (χ0v) is 18.8. The molecule has 0 saturated carbocycles. The Balaban J connectivity index is 1.21. The molecule has 4 aromatic rings. The minimum atomic E-state index is 0.120. The van der Waals surface area contributed by atoms with Gasteiger partial charge in [-0.05, 0) is 24.6 Å². The van der Waals surface area contributed by atoms with E-state index in [1.807, 2.05) is 48.2 Å². The fourth-order valence-electron chi connectivity index (χ4n) is 5.07. The Labute approximate surface area is 192 Å². The molecule has 166 valence electrons. The van der Waals surface area contributed by atoms with E-state index in [9.17, 15) is 4.79 Å². The number of carbonyl (C=O) groups is 1. The maximum absolute atomic E-state index is 12.8. The Hall–Kier alpha value is -3.74. The zero-order chi connectivity index (χ0) is 22.5. The molecule has 1 amide bonds. The van der Waals surface area contributed by atoms with Crippen LogP contribution in [0.3, 0.4) is 0 Å². The smallest absolute Gasteiger partial charge is 0.228 e. The lowest BCUT2D eigenvalue weighted by atomic mass is 9.98. The minimum Gasteiger partial charge on any atom is -0.355 e. The lowest BCUT2D eigenvalue weighted by molar-refractivity contribution is -0.117. The topological polar surface area (TPSA) is 67.2 Å². The molecule has 33 heavy (non-hydrogen) atoms. The van der Waals surface area contributed by atoms with Gasteiger partial charge in [-0.3, -0.25) is 9.69 Å². The van der Waals surface area contributed by atoms with Crippen LogP contribution in [0.1, 0.15) is 35.5 Å². The molecule has 7 heteroatoms. The Morgan fingerprint density at radius 1 is 0.848 bits per heavy atom. The van der Waals surface area contributed by atoms with E-state index in [1.165, 1.54) is 5.56 Å². The van der Waals surface area contributed by atoms with Crippen LogP contribution in [0.15, 0.2) is 60.7 Å². The number of aryl methyl sites for hydroxylation is 2. The molecule has 0 aliphatic carbocycles. The van der Waals surface area contributed by atoms with Crippen LogP contribution in [0.2, 0.25) is 0 Å². The molecule has 2 aromatic carbocycles. The third kappa shape index (κ3) is 3.44. The van der Waals surface area contributed by atoms with Crippen LogP contribution in [-0.2, 0) is 11.8 Å². The van der Waals surface area contributed by atoms with Crippen LogP contribution in [-0.4, -0.2) is 45.1 Å². The Kier molecular flexibility index (Phi) is 4.64. The molecule has 2 fully saturated rings. The number of rotatable bonds is 4. The summed E-state index contributed by atoms with van der Waals surface area (Å²) >= 11 is 0. The first kappa shape index (κ1) is 19.9. The van der Waals surface area contributed by atoms with Gasteiger partial charge in [-0.2, -0.15) is 0 Å². The highest BCUT2D eigenvalue weighted by molar-refractivity contribution is 5.96. The Morgan fingerprint density at radius 3 is 2.36 bits per heavy atom. The maximum atomic E-state index is 12.8. The molecule has 2 aliphatic rings. The number of imidazole rings is 1. The number of hydrogen-bond donors (Lipinski definition) is 0.